The zero-order valence-corrected chi connectivity index (χ0v) is 27.2. The molecule has 0 bridgehead atoms. The number of hydrogen-bond acceptors (Lipinski definition) is 4. The fourth-order valence-electron chi connectivity index (χ4n) is 6.79. The van der Waals surface area contributed by atoms with Gasteiger partial charge >= 0.3 is 0 Å². The molecule has 44 heavy (non-hydrogen) atoms. The van der Waals surface area contributed by atoms with E-state index >= 15 is 0 Å². The van der Waals surface area contributed by atoms with Crippen LogP contribution in [0.2, 0.25) is 0 Å². The summed E-state index contributed by atoms with van der Waals surface area (Å²) in [4.78, 5) is 2.62. The summed E-state index contributed by atoms with van der Waals surface area (Å²) in [6, 6.07) is 19.7. The van der Waals surface area contributed by atoms with Gasteiger partial charge in [0.25, 0.3) is 0 Å². The number of rotatable bonds is 16. The highest BCUT2D eigenvalue weighted by molar-refractivity contribution is 5.74. The molecule has 4 heteroatoms. The quantitative estimate of drug-likeness (QED) is 0.135. The van der Waals surface area contributed by atoms with Gasteiger partial charge in [-0.05, 0) is 75.6 Å². The molecule has 1 unspecified atom stereocenters. The summed E-state index contributed by atoms with van der Waals surface area (Å²) in [5.41, 5.74) is 14.3. The van der Waals surface area contributed by atoms with Crippen LogP contribution in [0.25, 0.3) is 5.70 Å². The van der Waals surface area contributed by atoms with E-state index in [-0.39, 0.29) is 5.41 Å². The number of nitrogens with two attached hydrogens (primary N) is 1. The number of nitrogens with zero attached hydrogens (tertiary/aromatic N) is 1. The van der Waals surface area contributed by atoms with Gasteiger partial charge in [-0.25, -0.2) is 0 Å². The minimum atomic E-state index is -0.331. The number of unbranched alkanes of at least 4 members (excludes halogenated alkanes) is 1. The maximum Gasteiger partial charge on any atom is 0.0553 e. The molecule has 0 amide bonds. The first-order valence-electron chi connectivity index (χ1n) is 16.7. The van der Waals surface area contributed by atoms with Gasteiger partial charge in [-0.1, -0.05) is 117 Å². The molecule has 1 aliphatic heterocycles. The van der Waals surface area contributed by atoms with Gasteiger partial charge < -0.3 is 21.3 Å². The first kappa shape index (κ1) is 33.1. The van der Waals surface area contributed by atoms with E-state index in [0.717, 1.165) is 100 Å². The highest BCUT2D eigenvalue weighted by atomic mass is 15.1. The van der Waals surface area contributed by atoms with Gasteiger partial charge in [0, 0.05) is 48.3 Å². The first-order chi connectivity index (χ1) is 21.5. The normalized spacial score (nSPS) is 17.7. The Morgan fingerprint density at radius 3 is 2.45 bits per heavy atom. The smallest absolute Gasteiger partial charge is 0.0553 e. The molecule has 4 nitrogen and oxygen atoms in total. The van der Waals surface area contributed by atoms with Crippen molar-refractivity contribution in [1.29, 1.82) is 0 Å². The molecule has 0 spiro atoms. The van der Waals surface area contributed by atoms with Gasteiger partial charge in [-0.15, -0.1) is 0 Å². The summed E-state index contributed by atoms with van der Waals surface area (Å²) in [6.07, 6.45) is 22.0. The summed E-state index contributed by atoms with van der Waals surface area (Å²) in [5.74, 6) is 0. The lowest BCUT2D eigenvalue weighted by Gasteiger charge is -2.38. The molecule has 2 aliphatic rings. The van der Waals surface area contributed by atoms with Gasteiger partial charge in [0.1, 0.15) is 0 Å². The van der Waals surface area contributed by atoms with Gasteiger partial charge in [-0.2, -0.15) is 0 Å². The van der Waals surface area contributed by atoms with Crippen molar-refractivity contribution in [2.45, 2.75) is 76.7 Å². The Morgan fingerprint density at radius 2 is 1.77 bits per heavy atom. The number of likely N-dealkylation sites (tertiary alicyclic amines) is 1. The summed E-state index contributed by atoms with van der Waals surface area (Å²) < 4.78 is 0. The van der Waals surface area contributed by atoms with Crippen LogP contribution in [-0.2, 0) is 5.41 Å². The molecule has 1 aliphatic carbocycles. The van der Waals surface area contributed by atoms with Crippen molar-refractivity contribution in [1.82, 2.24) is 10.2 Å². The van der Waals surface area contributed by atoms with Gasteiger partial charge in [0.15, 0.2) is 0 Å². The molecular formula is C40H54N4. The van der Waals surface area contributed by atoms with Crippen LogP contribution < -0.4 is 16.4 Å². The maximum absolute atomic E-state index is 6.64. The van der Waals surface area contributed by atoms with Crippen LogP contribution in [0.1, 0.15) is 76.3 Å². The molecule has 1 saturated heterocycles. The van der Waals surface area contributed by atoms with Crippen LogP contribution in [0.4, 0.5) is 5.69 Å². The highest BCUT2D eigenvalue weighted by Crippen LogP contribution is 2.43. The first-order valence-corrected chi connectivity index (χ1v) is 16.7. The van der Waals surface area contributed by atoms with E-state index in [4.69, 9.17) is 5.73 Å². The third kappa shape index (κ3) is 8.66. The van der Waals surface area contributed by atoms with Crippen molar-refractivity contribution in [3.05, 3.63) is 132 Å². The molecule has 1 heterocycles. The van der Waals surface area contributed by atoms with E-state index in [1.165, 1.54) is 16.7 Å². The predicted molar refractivity (Wildman–Crippen MR) is 192 cm³/mol. The molecular weight excluding hydrogens is 536 g/mol. The van der Waals surface area contributed by atoms with E-state index in [2.05, 4.69) is 134 Å². The number of allylic oxidation sites excluding steroid dienone is 6. The van der Waals surface area contributed by atoms with Crippen LogP contribution in [0, 0.1) is 0 Å². The molecule has 4 N–H and O–H groups in total. The van der Waals surface area contributed by atoms with Crippen molar-refractivity contribution >= 4 is 11.4 Å². The summed E-state index contributed by atoms with van der Waals surface area (Å²) >= 11 is 0. The summed E-state index contributed by atoms with van der Waals surface area (Å²) in [6.45, 7) is 17.2. The lowest BCUT2D eigenvalue weighted by molar-refractivity contribution is 0.200. The lowest BCUT2D eigenvalue weighted by atomic mass is 9.67. The standard InChI is InChI=1S/C40H54N4/c1-5-7-20-35(6-2)40(33(4)41,36-21-12-9-13-22-36)27-16-17-28-44-29-25-37(26-30-44)43-32(3)38-23-14-15-24-39(38)42-31-34-18-10-8-11-19-34/h5,7,9-10,12-15,18-24,37,42-43H,3-4,6,8,11,16-17,25-31,41H2,1-2H3/b7-5-,35-20+. The minimum absolute atomic E-state index is 0.331. The Bertz CT molecular complexity index is 1340. The van der Waals surface area contributed by atoms with Gasteiger partial charge in [0.05, 0.1) is 5.41 Å². The van der Waals surface area contributed by atoms with Crippen LogP contribution >= 0.6 is 0 Å². The Morgan fingerprint density at radius 1 is 1.02 bits per heavy atom. The summed E-state index contributed by atoms with van der Waals surface area (Å²) in [7, 11) is 0. The second kappa shape index (κ2) is 16.9. The van der Waals surface area contributed by atoms with Crippen molar-refractivity contribution in [3.8, 4) is 0 Å². The number of piperidine rings is 1. The van der Waals surface area contributed by atoms with E-state index in [9.17, 15) is 0 Å². The molecule has 0 saturated carbocycles. The van der Waals surface area contributed by atoms with Crippen molar-refractivity contribution in [3.63, 3.8) is 0 Å². The zero-order valence-electron chi connectivity index (χ0n) is 27.2. The van der Waals surface area contributed by atoms with Crippen LogP contribution in [0.15, 0.2) is 121 Å². The fourth-order valence-corrected chi connectivity index (χ4v) is 6.79. The van der Waals surface area contributed by atoms with Crippen molar-refractivity contribution in [2.75, 3.05) is 31.5 Å². The molecule has 1 fully saturated rings. The van der Waals surface area contributed by atoms with Gasteiger partial charge in [-0.3, -0.25) is 0 Å². The van der Waals surface area contributed by atoms with Crippen molar-refractivity contribution < 1.29 is 0 Å². The minimum Gasteiger partial charge on any atom is -0.402 e. The molecule has 0 radical (unpaired) electrons. The Hall–Kier alpha value is -3.76. The van der Waals surface area contributed by atoms with E-state index in [1.807, 2.05) is 0 Å². The monoisotopic (exact) mass is 590 g/mol. The molecule has 234 valence electrons. The van der Waals surface area contributed by atoms with Crippen LogP contribution in [0.5, 0.6) is 0 Å². The summed E-state index contributed by atoms with van der Waals surface area (Å²) in [5, 5.41) is 7.40. The molecule has 0 aromatic heterocycles. The SMILES string of the molecule is C=C(NC1CCN(CCCCC(C(=C)N)(/C(=C/C=C\C)CC)c2ccccc2)CC1)c1ccccc1NCC1=CCCC=C1. The maximum atomic E-state index is 6.64. The molecule has 2 aromatic rings. The zero-order chi connectivity index (χ0) is 31.2. The second-order valence-corrected chi connectivity index (χ2v) is 12.2. The van der Waals surface area contributed by atoms with Gasteiger partial charge in [0.2, 0.25) is 0 Å². The van der Waals surface area contributed by atoms with Crippen LogP contribution in [0.3, 0.4) is 0 Å². The van der Waals surface area contributed by atoms with E-state index < -0.39 is 0 Å². The third-order valence-corrected chi connectivity index (χ3v) is 9.28. The second-order valence-electron chi connectivity index (χ2n) is 12.2. The number of nitrogens with one attached hydrogen (secondary N) is 2. The Labute approximate surface area is 267 Å². The topological polar surface area (TPSA) is 53.3 Å². The number of benzene rings is 2. The van der Waals surface area contributed by atoms with Crippen LogP contribution in [-0.4, -0.2) is 37.1 Å². The highest BCUT2D eigenvalue weighted by Gasteiger charge is 2.36. The predicted octanol–water partition coefficient (Wildman–Crippen LogP) is 8.89. The Balaban J connectivity index is 1.28. The van der Waals surface area contributed by atoms with Crippen molar-refractivity contribution in [2.24, 2.45) is 5.73 Å². The lowest BCUT2D eigenvalue weighted by Crippen LogP contribution is -2.42. The third-order valence-electron chi connectivity index (χ3n) is 9.28. The Kier molecular flexibility index (Phi) is 12.7. The van der Waals surface area contributed by atoms with E-state index in [0.29, 0.717) is 6.04 Å². The number of para-hydroxylation sites is 1. The fraction of sp³-hybridized carbons (Fsp3) is 0.400. The molecule has 2 aromatic carbocycles. The average Bonchev–Trinajstić information content (AvgIpc) is 3.06. The molecule has 4 rings (SSSR count). The largest absolute Gasteiger partial charge is 0.402 e. The number of anilines is 1. The number of hydrogen-bond donors (Lipinski definition) is 3. The molecule has 1 atom stereocenters. The average molecular weight is 591 g/mol. The van der Waals surface area contributed by atoms with E-state index in [1.54, 1.807) is 0 Å².